The first kappa shape index (κ1) is 45.3. The predicted octanol–water partition coefficient (Wildman–Crippen LogP) is 9.96. The van der Waals surface area contributed by atoms with Crippen molar-refractivity contribution in [3.8, 4) is 17.4 Å². The highest BCUT2D eigenvalue weighted by atomic mass is 28.4. The zero-order chi connectivity index (χ0) is 45.1. The molecule has 0 spiro atoms. The summed E-state index contributed by atoms with van der Waals surface area (Å²) in [5.74, 6) is 1.75. The van der Waals surface area contributed by atoms with Crippen molar-refractivity contribution in [2.75, 3.05) is 25.7 Å². The van der Waals surface area contributed by atoms with Gasteiger partial charge in [-0.1, -0.05) is 106 Å². The molecule has 12 nitrogen and oxygen atoms in total. The van der Waals surface area contributed by atoms with E-state index < -0.39 is 14.1 Å². The van der Waals surface area contributed by atoms with Gasteiger partial charge in [-0.2, -0.15) is 4.98 Å². The van der Waals surface area contributed by atoms with E-state index in [0.717, 1.165) is 50.3 Å². The Kier molecular flexibility index (Phi) is 13.5. The summed E-state index contributed by atoms with van der Waals surface area (Å²) in [7, 11) is 1.26. The standard InChI is InChI=1S/C51H63N5O7Si/c1-50(2,3)64(8,9)61-33-42-46-47(63-51(4,5)62-46)44(52-42)41-30-56(34-59-31-37-16-12-10-13-17-37)45-43(41)53-49(54-48(45)60-32-38-18-14-11-15-19-38)55(28-35-20-24-39(57-6)25-21-35)29-36-22-26-40(58-7)27-23-36/h10-27,30,42,44,46-47,52H,28-29,31-34H2,1-9H3/t42-,44+,46-,47+/m1/s1. The molecule has 0 amide bonds. The Morgan fingerprint density at radius 2 is 1.30 bits per heavy atom. The highest BCUT2D eigenvalue weighted by Gasteiger charge is 2.55. The van der Waals surface area contributed by atoms with Crippen molar-refractivity contribution in [2.24, 2.45) is 0 Å². The molecular weight excluding hydrogens is 823 g/mol. The lowest BCUT2D eigenvalue weighted by Gasteiger charge is -2.37. The van der Waals surface area contributed by atoms with Crippen LogP contribution in [0.4, 0.5) is 5.95 Å². The average Bonchev–Trinajstić information content (AvgIpc) is 3.93. The van der Waals surface area contributed by atoms with Gasteiger partial charge in [-0.25, -0.2) is 4.98 Å². The van der Waals surface area contributed by atoms with Crippen LogP contribution in [0, 0.1) is 0 Å². The van der Waals surface area contributed by atoms with Gasteiger partial charge in [0.1, 0.15) is 48.1 Å². The van der Waals surface area contributed by atoms with Gasteiger partial charge in [-0.3, -0.25) is 0 Å². The quantitative estimate of drug-likeness (QED) is 0.0833. The van der Waals surface area contributed by atoms with Crippen LogP contribution in [0.1, 0.15) is 68.5 Å². The minimum atomic E-state index is -2.09. The number of hydrogen-bond donors (Lipinski definition) is 1. The van der Waals surface area contributed by atoms with E-state index in [9.17, 15) is 0 Å². The maximum absolute atomic E-state index is 6.86. The molecule has 13 heteroatoms. The van der Waals surface area contributed by atoms with Crippen LogP contribution < -0.4 is 24.4 Å². The number of benzene rings is 4. The lowest BCUT2D eigenvalue weighted by Crippen LogP contribution is -2.47. The molecule has 4 atom stereocenters. The molecule has 0 saturated carbocycles. The van der Waals surface area contributed by atoms with Gasteiger partial charge in [0, 0.05) is 24.8 Å². The Bertz CT molecular complexity index is 2410. The number of fused-ring (bicyclic) bond motifs is 2. The van der Waals surface area contributed by atoms with E-state index in [2.05, 4.69) is 103 Å². The zero-order valence-corrected chi connectivity index (χ0v) is 39.7. The van der Waals surface area contributed by atoms with Gasteiger partial charge in [-0.15, -0.1) is 0 Å². The van der Waals surface area contributed by atoms with Crippen molar-refractivity contribution in [3.05, 3.63) is 143 Å². The summed E-state index contributed by atoms with van der Waals surface area (Å²) in [5, 5.41) is 3.99. The summed E-state index contributed by atoms with van der Waals surface area (Å²) in [6.07, 6.45) is 1.55. The van der Waals surface area contributed by atoms with Gasteiger partial charge >= 0.3 is 0 Å². The summed E-state index contributed by atoms with van der Waals surface area (Å²) in [6, 6.07) is 36.1. The summed E-state index contributed by atoms with van der Waals surface area (Å²) in [4.78, 5) is 13.0. The lowest BCUT2D eigenvalue weighted by atomic mass is 10.0. The van der Waals surface area contributed by atoms with Crippen LogP contribution in [0.2, 0.25) is 18.1 Å². The molecule has 2 aromatic heterocycles. The molecule has 2 aliphatic heterocycles. The Morgan fingerprint density at radius 3 is 1.86 bits per heavy atom. The maximum atomic E-state index is 6.86. The number of anilines is 1. The first-order chi connectivity index (χ1) is 30.7. The highest BCUT2D eigenvalue weighted by Crippen LogP contribution is 2.45. The highest BCUT2D eigenvalue weighted by molar-refractivity contribution is 6.74. The molecule has 0 bridgehead atoms. The van der Waals surface area contributed by atoms with Crippen LogP contribution in [-0.2, 0) is 51.7 Å². The molecule has 0 unspecified atom stereocenters. The number of nitrogens with one attached hydrogen (secondary N) is 1. The number of ether oxygens (including phenoxy) is 6. The molecule has 6 aromatic rings. The maximum Gasteiger partial charge on any atom is 0.243 e. The van der Waals surface area contributed by atoms with Gasteiger partial charge in [0.15, 0.2) is 14.1 Å². The smallest absolute Gasteiger partial charge is 0.243 e. The molecule has 64 heavy (non-hydrogen) atoms. The SMILES string of the molecule is COc1ccc(CN(Cc2ccc(OC)cc2)c2nc(OCc3ccccc3)c3c(n2)c([C@@H]2N[C@H](CO[Si](C)(C)C(C)(C)C)[C@H]4OC(C)(C)O[C@H]42)cn3COCc2ccccc2)cc1. The van der Waals surface area contributed by atoms with Gasteiger partial charge in [0.25, 0.3) is 0 Å². The van der Waals surface area contributed by atoms with Crippen LogP contribution in [0.5, 0.6) is 17.4 Å². The minimum Gasteiger partial charge on any atom is -0.497 e. The molecule has 4 heterocycles. The minimum absolute atomic E-state index is 0.0524. The first-order valence-corrected chi connectivity index (χ1v) is 25.1. The molecule has 2 aliphatic rings. The Morgan fingerprint density at radius 1 is 0.734 bits per heavy atom. The molecule has 0 radical (unpaired) electrons. The predicted molar refractivity (Wildman–Crippen MR) is 252 cm³/mol. The Hall–Kier alpha value is -5.28. The summed E-state index contributed by atoms with van der Waals surface area (Å²) < 4.78 is 46.7. The number of nitrogens with zero attached hydrogens (tertiary/aromatic N) is 4. The monoisotopic (exact) mass is 885 g/mol. The molecule has 338 valence electrons. The third-order valence-electron chi connectivity index (χ3n) is 12.7. The number of methoxy groups -OCH3 is 2. The van der Waals surface area contributed by atoms with Gasteiger partial charge < -0.3 is 47.6 Å². The van der Waals surface area contributed by atoms with Gasteiger partial charge in [-0.05, 0) is 78.5 Å². The third kappa shape index (κ3) is 10.3. The van der Waals surface area contributed by atoms with Crippen molar-refractivity contribution in [1.29, 1.82) is 0 Å². The third-order valence-corrected chi connectivity index (χ3v) is 17.2. The molecule has 0 aliphatic carbocycles. The number of rotatable bonds is 18. The summed E-state index contributed by atoms with van der Waals surface area (Å²) in [6.45, 7) is 17.8. The number of hydrogen-bond acceptors (Lipinski definition) is 11. The van der Waals surface area contributed by atoms with E-state index in [1.165, 1.54) is 0 Å². The van der Waals surface area contributed by atoms with Gasteiger partial charge in [0.2, 0.25) is 11.8 Å². The normalized spacial score (nSPS) is 19.5. The second-order valence-electron chi connectivity index (χ2n) is 18.8. The average molecular weight is 886 g/mol. The fraction of sp³-hybridized carbons (Fsp3) is 0.412. The van der Waals surface area contributed by atoms with Crippen molar-refractivity contribution in [3.63, 3.8) is 0 Å². The van der Waals surface area contributed by atoms with Crippen molar-refractivity contribution >= 4 is 25.3 Å². The van der Waals surface area contributed by atoms with Gasteiger partial charge in [0.05, 0.1) is 39.5 Å². The second kappa shape index (κ2) is 19.1. The molecule has 4 aromatic carbocycles. The fourth-order valence-electron chi connectivity index (χ4n) is 8.14. The van der Waals surface area contributed by atoms with Crippen molar-refractivity contribution < 1.29 is 32.8 Å². The molecule has 8 rings (SSSR count). The molecular formula is C51H63N5O7Si. The van der Waals surface area contributed by atoms with E-state index in [-0.39, 0.29) is 36.1 Å². The van der Waals surface area contributed by atoms with E-state index in [1.54, 1.807) is 14.2 Å². The van der Waals surface area contributed by atoms with Crippen LogP contribution in [-0.4, -0.2) is 67.7 Å². The Labute approximate surface area is 378 Å². The van der Waals surface area contributed by atoms with E-state index in [4.69, 9.17) is 42.8 Å². The van der Waals surface area contributed by atoms with E-state index >= 15 is 0 Å². The lowest BCUT2D eigenvalue weighted by molar-refractivity contribution is -0.157. The van der Waals surface area contributed by atoms with E-state index in [0.29, 0.717) is 44.7 Å². The topological polar surface area (TPSA) is 111 Å². The van der Waals surface area contributed by atoms with Crippen LogP contribution >= 0.6 is 0 Å². The first-order valence-electron chi connectivity index (χ1n) is 22.2. The summed E-state index contributed by atoms with van der Waals surface area (Å²) in [5.41, 5.74) is 6.64. The molecule has 1 N–H and O–H groups in total. The molecule has 2 fully saturated rings. The number of aromatic nitrogens is 3. The fourth-order valence-corrected chi connectivity index (χ4v) is 9.17. The second-order valence-corrected chi connectivity index (χ2v) is 23.6. The van der Waals surface area contributed by atoms with Crippen LogP contribution in [0.25, 0.3) is 11.0 Å². The zero-order valence-electron chi connectivity index (χ0n) is 38.7. The van der Waals surface area contributed by atoms with Crippen LogP contribution in [0.3, 0.4) is 0 Å². The molecule has 2 saturated heterocycles. The van der Waals surface area contributed by atoms with E-state index in [1.807, 2.05) is 74.5 Å². The van der Waals surface area contributed by atoms with Crippen molar-refractivity contribution in [1.82, 2.24) is 19.9 Å². The summed E-state index contributed by atoms with van der Waals surface area (Å²) >= 11 is 0. The van der Waals surface area contributed by atoms with Crippen LogP contribution in [0.15, 0.2) is 115 Å². The Balaban J connectivity index is 1.26. The largest absolute Gasteiger partial charge is 0.497 e. The van der Waals surface area contributed by atoms with Crippen molar-refractivity contribution in [2.45, 2.75) is 116 Å².